The van der Waals surface area contributed by atoms with Crippen LogP contribution in [0.15, 0.2) is 23.1 Å². The summed E-state index contributed by atoms with van der Waals surface area (Å²) in [7, 11) is -3.71. The predicted octanol–water partition coefficient (Wildman–Crippen LogP) is 3.61. The summed E-state index contributed by atoms with van der Waals surface area (Å²) < 4.78 is 32.3. The highest BCUT2D eigenvalue weighted by Crippen LogP contribution is 2.29. The maximum absolute atomic E-state index is 12.9. The molecule has 31 heavy (non-hydrogen) atoms. The van der Waals surface area contributed by atoms with E-state index >= 15 is 0 Å². The van der Waals surface area contributed by atoms with Gasteiger partial charge in [0.25, 0.3) is 5.91 Å². The Hall–Kier alpha value is -1.64. The lowest BCUT2D eigenvalue weighted by molar-refractivity contribution is -0.125. The lowest BCUT2D eigenvalue weighted by atomic mass is 9.78. The maximum Gasteiger partial charge on any atom is 0.340 e. The largest absolute Gasteiger partial charge is 0.452 e. The van der Waals surface area contributed by atoms with Crippen LogP contribution in [0.4, 0.5) is 0 Å². The van der Waals surface area contributed by atoms with Crippen LogP contribution in [-0.2, 0) is 19.6 Å². The molecule has 7 nitrogen and oxygen atoms in total. The van der Waals surface area contributed by atoms with Gasteiger partial charge >= 0.3 is 5.97 Å². The minimum absolute atomic E-state index is 0.000203. The van der Waals surface area contributed by atoms with Gasteiger partial charge in [-0.15, -0.1) is 0 Å². The first-order chi connectivity index (χ1) is 14.7. The van der Waals surface area contributed by atoms with E-state index in [0.717, 1.165) is 38.5 Å². The van der Waals surface area contributed by atoms with Crippen LogP contribution in [0.5, 0.6) is 0 Å². The topological polar surface area (TPSA) is 92.8 Å². The molecule has 1 heterocycles. The van der Waals surface area contributed by atoms with E-state index in [1.165, 1.54) is 22.5 Å². The molecule has 1 aromatic carbocycles. The van der Waals surface area contributed by atoms with Gasteiger partial charge in [0.1, 0.15) is 0 Å². The molecule has 1 aliphatic carbocycles. The number of benzene rings is 1. The number of carbonyl (C=O) groups is 2. The Bertz CT molecular complexity index is 914. The highest BCUT2D eigenvalue weighted by molar-refractivity contribution is 7.89. The molecule has 1 amide bonds. The molecule has 1 saturated carbocycles. The summed E-state index contributed by atoms with van der Waals surface area (Å²) in [6.45, 7) is 4.78. The van der Waals surface area contributed by atoms with Gasteiger partial charge in [0.15, 0.2) is 6.61 Å². The number of sulfonamides is 1. The molecule has 0 aromatic heterocycles. The Labute approximate surface area is 189 Å². The Morgan fingerprint density at radius 1 is 1.13 bits per heavy atom. The minimum Gasteiger partial charge on any atom is -0.452 e. The number of nitrogens with one attached hydrogen (secondary N) is 1. The lowest BCUT2D eigenvalue weighted by Gasteiger charge is -2.34. The fourth-order valence-corrected chi connectivity index (χ4v) is 6.06. The van der Waals surface area contributed by atoms with E-state index < -0.39 is 22.6 Å². The summed E-state index contributed by atoms with van der Waals surface area (Å²) in [6.07, 6.45) is 5.75. The van der Waals surface area contributed by atoms with Gasteiger partial charge < -0.3 is 10.1 Å². The van der Waals surface area contributed by atoms with Crippen molar-refractivity contribution in [3.8, 4) is 0 Å². The van der Waals surface area contributed by atoms with Gasteiger partial charge in [-0.2, -0.15) is 4.31 Å². The van der Waals surface area contributed by atoms with Crippen LogP contribution in [0, 0.1) is 11.8 Å². The number of piperidine rings is 1. The van der Waals surface area contributed by atoms with E-state index in [1.807, 2.05) is 0 Å². The zero-order valence-electron chi connectivity index (χ0n) is 18.1. The van der Waals surface area contributed by atoms with Crippen molar-refractivity contribution in [2.24, 2.45) is 11.8 Å². The van der Waals surface area contributed by atoms with Gasteiger partial charge in [-0.25, -0.2) is 13.2 Å². The van der Waals surface area contributed by atoms with Crippen molar-refractivity contribution in [2.75, 3.05) is 19.7 Å². The quantitative estimate of drug-likeness (QED) is 0.641. The van der Waals surface area contributed by atoms with Crippen LogP contribution in [0.25, 0.3) is 0 Å². The number of halogens is 1. The summed E-state index contributed by atoms with van der Waals surface area (Å²) >= 11 is 6.12. The molecule has 9 heteroatoms. The highest BCUT2D eigenvalue weighted by Gasteiger charge is 2.29. The van der Waals surface area contributed by atoms with Crippen molar-refractivity contribution >= 4 is 33.5 Å². The number of rotatable bonds is 6. The number of hydrogen-bond donors (Lipinski definition) is 1. The first kappa shape index (κ1) is 24.0. The van der Waals surface area contributed by atoms with Crippen LogP contribution in [-0.4, -0.2) is 50.3 Å². The summed E-state index contributed by atoms with van der Waals surface area (Å²) in [5.74, 6) is -0.294. The van der Waals surface area contributed by atoms with Crippen molar-refractivity contribution in [3.63, 3.8) is 0 Å². The number of esters is 1. The Kier molecular flexibility index (Phi) is 7.99. The standard InChI is InChI=1S/C22H31ClN2O5S/c1-15-7-6-8-20(16(15)2)24-21(26)14-30-22(27)18-13-17(9-10-19(18)23)31(28,29)25-11-4-3-5-12-25/h9-10,13,15-16,20H,3-8,11-12,14H2,1-2H3,(H,24,26)/t15-,16+,20+/m1/s1. The fraction of sp³-hybridized carbons (Fsp3) is 0.636. The first-order valence-electron chi connectivity index (χ1n) is 11.0. The summed E-state index contributed by atoms with van der Waals surface area (Å²) in [6, 6.07) is 4.07. The Morgan fingerprint density at radius 2 is 1.84 bits per heavy atom. The monoisotopic (exact) mass is 470 g/mol. The molecule has 172 valence electrons. The third kappa shape index (κ3) is 5.79. The normalized spacial score (nSPS) is 25.1. The molecule has 0 unspecified atom stereocenters. The molecule has 1 N–H and O–H groups in total. The van der Waals surface area contributed by atoms with Gasteiger partial charge in [-0.1, -0.05) is 44.7 Å². The SMILES string of the molecule is C[C@H]1[C@H](C)CCC[C@@H]1NC(=O)COC(=O)c1cc(S(=O)(=O)N2CCCCC2)ccc1Cl. The molecule has 1 aromatic rings. The molecule has 2 fully saturated rings. The van der Waals surface area contributed by atoms with E-state index in [-0.39, 0.29) is 27.4 Å². The van der Waals surface area contributed by atoms with Crippen LogP contribution in [0.3, 0.4) is 0 Å². The molecule has 3 rings (SSSR count). The van der Waals surface area contributed by atoms with E-state index in [1.54, 1.807) is 0 Å². The van der Waals surface area contributed by atoms with Gasteiger partial charge in [-0.3, -0.25) is 4.79 Å². The van der Waals surface area contributed by atoms with Crippen LogP contribution in [0.1, 0.15) is 62.7 Å². The molecule has 2 aliphatic rings. The smallest absolute Gasteiger partial charge is 0.340 e. The van der Waals surface area contributed by atoms with Gasteiger partial charge in [0, 0.05) is 19.1 Å². The van der Waals surface area contributed by atoms with Crippen molar-refractivity contribution in [2.45, 2.75) is 63.3 Å². The second kappa shape index (κ2) is 10.3. The van der Waals surface area contributed by atoms with Gasteiger partial charge in [0.05, 0.1) is 15.5 Å². The zero-order valence-corrected chi connectivity index (χ0v) is 19.7. The van der Waals surface area contributed by atoms with E-state index in [9.17, 15) is 18.0 Å². The number of amides is 1. The second-order valence-corrected chi connectivity index (χ2v) is 11.0. The van der Waals surface area contributed by atoms with E-state index in [0.29, 0.717) is 24.9 Å². The third-order valence-electron chi connectivity index (χ3n) is 6.50. The number of nitrogens with zero attached hydrogens (tertiary/aromatic N) is 1. The van der Waals surface area contributed by atoms with Crippen molar-refractivity contribution in [1.82, 2.24) is 9.62 Å². The summed E-state index contributed by atoms with van der Waals surface area (Å²) in [4.78, 5) is 24.8. The second-order valence-electron chi connectivity index (χ2n) is 8.62. The van der Waals surface area contributed by atoms with Gasteiger partial charge in [0.2, 0.25) is 10.0 Å². The van der Waals surface area contributed by atoms with Crippen molar-refractivity contribution in [3.05, 3.63) is 28.8 Å². The number of ether oxygens (including phenoxy) is 1. The fourth-order valence-electron chi connectivity index (χ4n) is 4.32. The van der Waals surface area contributed by atoms with Crippen molar-refractivity contribution in [1.29, 1.82) is 0 Å². The predicted molar refractivity (Wildman–Crippen MR) is 118 cm³/mol. The molecule has 3 atom stereocenters. The molecule has 0 spiro atoms. The van der Waals surface area contributed by atoms with Gasteiger partial charge in [-0.05, 0) is 49.3 Å². The van der Waals surface area contributed by atoms with Crippen LogP contribution < -0.4 is 5.32 Å². The summed E-state index contributed by atoms with van der Waals surface area (Å²) in [5, 5.41) is 3.03. The first-order valence-corrected chi connectivity index (χ1v) is 12.8. The average molecular weight is 471 g/mol. The Balaban J connectivity index is 1.63. The van der Waals surface area contributed by atoms with E-state index in [4.69, 9.17) is 16.3 Å². The van der Waals surface area contributed by atoms with E-state index in [2.05, 4.69) is 19.2 Å². The number of carbonyl (C=O) groups excluding carboxylic acids is 2. The molecular weight excluding hydrogens is 440 g/mol. The van der Waals surface area contributed by atoms with Crippen molar-refractivity contribution < 1.29 is 22.7 Å². The molecular formula is C22H31ClN2O5S. The Morgan fingerprint density at radius 3 is 2.55 bits per heavy atom. The molecule has 0 radical (unpaired) electrons. The van der Waals surface area contributed by atoms with Crippen LogP contribution in [0.2, 0.25) is 5.02 Å². The molecule has 1 aliphatic heterocycles. The maximum atomic E-state index is 12.9. The highest BCUT2D eigenvalue weighted by atomic mass is 35.5. The van der Waals surface area contributed by atoms with Crippen LogP contribution >= 0.6 is 11.6 Å². The third-order valence-corrected chi connectivity index (χ3v) is 8.72. The zero-order chi connectivity index (χ0) is 22.6. The molecule has 1 saturated heterocycles. The lowest BCUT2D eigenvalue weighted by Crippen LogP contribution is -2.45. The summed E-state index contributed by atoms with van der Waals surface area (Å²) in [5.41, 5.74) is -0.0628. The average Bonchev–Trinajstić information content (AvgIpc) is 2.76. The minimum atomic E-state index is -3.71. The number of hydrogen-bond acceptors (Lipinski definition) is 5. The molecule has 0 bridgehead atoms.